The van der Waals surface area contributed by atoms with E-state index in [4.69, 9.17) is 11.6 Å². The van der Waals surface area contributed by atoms with Gasteiger partial charge in [-0.25, -0.2) is 9.97 Å². The first-order chi connectivity index (χ1) is 10.2. The van der Waals surface area contributed by atoms with Gasteiger partial charge < -0.3 is 5.32 Å². The second-order valence-electron chi connectivity index (χ2n) is 5.11. The molecule has 2 heterocycles. The molecule has 0 amide bonds. The minimum atomic E-state index is -0.132. The summed E-state index contributed by atoms with van der Waals surface area (Å²) in [5, 5.41) is 8.50. The molecule has 0 aliphatic heterocycles. The molecular formula is C15H22ClN5. The van der Waals surface area contributed by atoms with Crippen molar-refractivity contribution in [2.24, 2.45) is 0 Å². The molecule has 2 aromatic heterocycles. The van der Waals surface area contributed by atoms with E-state index in [1.165, 1.54) is 0 Å². The molecule has 1 atom stereocenters. The number of halogens is 1. The molecule has 1 unspecified atom stereocenters. The van der Waals surface area contributed by atoms with Crippen molar-refractivity contribution >= 4 is 11.6 Å². The van der Waals surface area contributed by atoms with Gasteiger partial charge in [0.2, 0.25) is 0 Å². The van der Waals surface area contributed by atoms with E-state index in [9.17, 15) is 0 Å². The first kappa shape index (κ1) is 15.9. The SMILES string of the molecule is CCCNC(c1ncc(C)cn1)c1c(Cl)cnn1CCC. The molecule has 0 aliphatic rings. The third-order valence-corrected chi connectivity index (χ3v) is 3.49. The van der Waals surface area contributed by atoms with Crippen LogP contribution in [0.2, 0.25) is 5.02 Å². The molecule has 2 rings (SSSR count). The van der Waals surface area contributed by atoms with Crippen LogP contribution in [0.1, 0.15) is 49.8 Å². The molecular weight excluding hydrogens is 286 g/mol. The molecule has 0 saturated heterocycles. The maximum absolute atomic E-state index is 6.36. The molecule has 1 N–H and O–H groups in total. The highest BCUT2D eigenvalue weighted by atomic mass is 35.5. The molecule has 21 heavy (non-hydrogen) atoms. The fraction of sp³-hybridized carbons (Fsp3) is 0.533. The highest BCUT2D eigenvalue weighted by Gasteiger charge is 2.23. The van der Waals surface area contributed by atoms with Crippen LogP contribution >= 0.6 is 11.6 Å². The Kier molecular flexibility index (Phi) is 5.70. The highest BCUT2D eigenvalue weighted by molar-refractivity contribution is 6.31. The van der Waals surface area contributed by atoms with Crippen LogP contribution in [-0.2, 0) is 6.54 Å². The van der Waals surface area contributed by atoms with Crippen molar-refractivity contribution in [3.05, 3.63) is 40.7 Å². The number of nitrogens with one attached hydrogen (secondary N) is 1. The van der Waals surface area contributed by atoms with Crippen LogP contribution in [0.25, 0.3) is 0 Å². The van der Waals surface area contributed by atoms with Crippen LogP contribution < -0.4 is 5.32 Å². The number of nitrogens with zero attached hydrogens (tertiary/aromatic N) is 4. The van der Waals surface area contributed by atoms with Gasteiger partial charge in [0.05, 0.1) is 16.9 Å². The van der Waals surface area contributed by atoms with Gasteiger partial charge in [-0.05, 0) is 31.9 Å². The fourth-order valence-electron chi connectivity index (χ4n) is 2.20. The zero-order valence-corrected chi connectivity index (χ0v) is 13.6. The van der Waals surface area contributed by atoms with Crippen LogP contribution in [0.5, 0.6) is 0 Å². The third-order valence-electron chi connectivity index (χ3n) is 3.20. The van der Waals surface area contributed by atoms with Gasteiger partial charge in [0.25, 0.3) is 0 Å². The van der Waals surface area contributed by atoms with Gasteiger partial charge in [-0.15, -0.1) is 0 Å². The van der Waals surface area contributed by atoms with Gasteiger partial charge >= 0.3 is 0 Å². The summed E-state index contributed by atoms with van der Waals surface area (Å²) >= 11 is 6.36. The molecule has 0 aromatic carbocycles. The number of hydrogen-bond donors (Lipinski definition) is 1. The van der Waals surface area contributed by atoms with E-state index < -0.39 is 0 Å². The molecule has 0 aliphatic carbocycles. The molecule has 0 spiro atoms. The Hall–Kier alpha value is -1.46. The van der Waals surface area contributed by atoms with Crippen molar-refractivity contribution in [3.63, 3.8) is 0 Å². The first-order valence-corrected chi connectivity index (χ1v) is 7.78. The smallest absolute Gasteiger partial charge is 0.151 e. The summed E-state index contributed by atoms with van der Waals surface area (Å²) in [5.41, 5.74) is 1.98. The van der Waals surface area contributed by atoms with Gasteiger partial charge in [-0.2, -0.15) is 5.10 Å². The molecule has 114 valence electrons. The van der Waals surface area contributed by atoms with E-state index in [2.05, 4.69) is 34.2 Å². The van der Waals surface area contributed by atoms with Crippen LogP contribution in [0.3, 0.4) is 0 Å². The van der Waals surface area contributed by atoms with E-state index in [1.54, 1.807) is 6.20 Å². The van der Waals surface area contributed by atoms with Crippen LogP contribution in [0, 0.1) is 6.92 Å². The van der Waals surface area contributed by atoms with E-state index in [-0.39, 0.29) is 6.04 Å². The monoisotopic (exact) mass is 307 g/mol. The molecule has 0 fully saturated rings. The molecule has 6 heteroatoms. The average molecular weight is 308 g/mol. The number of hydrogen-bond acceptors (Lipinski definition) is 4. The van der Waals surface area contributed by atoms with Gasteiger partial charge in [0, 0.05) is 18.9 Å². The lowest BCUT2D eigenvalue weighted by molar-refractivity contribution is 0.497. The Balaban J connectivity index is 2.40. The topological polar surface area (TPSA) is 55.6 Å². The predicted octanol–water partition coefficient (Wildman–Crippen LogP) is 3.13. The van der Waals surface area contributed by atoms with E-state index >= 15 is 0 Å². The lowest BCUT2D eigenvalue weighted by atomic mass is 10.1. The van der Waals surface area contributed by atoms with Crippen molar-refractivity contribution in [2.45, 2.75) is 46.2 Å². The van der Waals surface area contributed by atoms with Gasteiger partial charge in [0.1, 0.15) is 6.04 Å². The summed E-state index contributed by atoms with van der Waals surface area (Å²) in [6.45, 7) is 7.93. The Morgan fingerprint density at radius 2 is 1.90 bits per heavy atom. The maximum atomic E-state index is 6.36. The molecule has 5 nitrogen and oxygen atoms in total. The second-order valence-corrected chi connectivity index (χ2v) is 5.51. The quantitative estimate of drug-likeness (QED) is 0.854. The lowest BCUT2D eigenvalue weighted by Gasteiger charge is -2.19. The van der Waals surface area contributed by atoms with Crippen molar-refractivity contribution in [1.29, 1.82) is 0 Å². The molecule has 0 bridgehead atoms. The highest BCUT2D eigenvalue weighted by Crippen LogP contribution is 2.26. The minimum Gasteiger partial charge on any atom is -0.302 e. The summed E-state index contributed by atoms with van der Waals surface area (Å²) in [6, 6.07) is -0.132. The molecule has 0 saturated carbocycles. The van der Waals surface area contributed by atoms with E-state index in [0.29, 0.717) is 5.02 Å². The summed E-state index contributed by atoms with van der Waals surface area (Å²) in [4.78, 5) is 8.91. The number of rotatable bonds is 7. The van der Waals surface area contributed by atoms with Crippen molar-refractivity contribution in [1.82, 2.24) is 25.1 Å². The Bertz CT molecular complexity index is 564. The normalized spacial score (nSPS) is 12.6. The minimum absolute atomic E-state index is 0.132. The Morgan fingerprint density at radius 3 is 2.52 bits per heavy atom. The largest absolute Gasteiger partial charge is 0.302 e. The van der Waals surface area contributed by atoms with Gasteiger partial charge in [-0.3, -0.25) is 4.68 Å². The second kappa shape index (κ2) is 7.52. The molecule has 2 aromatic rings. The van der Waals surface area contributed by atoms with E-state index in [0.717, 1.165) is 43.0 Å². The first-order valence-electron chi connectivity index (χ1n) is 7.40. The maximum Gasteiger partial charge on any atom is 0.151 e. The van der Waals surface area contributed by atoms with Crippen LogP contribution in [0.15, 0.2) is 18.6 Å². The summed E-state index contributed by atoms with van der Waals surface area (Å²) in [7, 11) is 0. The van der Waals surface area contributed by atoms with Gasteiger partial charge in [-0.1, -0.05) is 25.4 Å². The van der Waals surface area contributed by atoms with Gasteiger partial charge in [0.15, 0.2) is 5.82 Å². The van der Waals surface area contributed by atoms with Crippen LogP contribution in [-0.4, -0.2) is 26.3 Å². The third kappa shape index (κ3) is 3.80. The lowest BCUT2D eigenvalue weighted by Crippen LogP contribution is -2.28. The van der Waals surface area contributed by atoms with Crippen molar-refractivity contribution in [2.75, 3.05) is 6.54 Å². The predicted molar refractivity (Wildman–Crippen MR) is 84.4 cm³/mol. The number of aryl methyl sites for hydroxylation is 2. The fourth-order valence-corrected chi connectivity index (χ4v) is 2.45. The summed E-state index contributed by atoms with van der Waals surface area (Å²) in [5.74, 6) is 0.730. The van der Waals surface area contributed by atoms with Crippen LogP contribution in [0.4, 0.5) is 0 Å². The zero-order chi connectivity index (χ0) is 15.2. The standard InChI is InChI=1S/C15H22ClN5/c1-4-6-17-13(15-18-8-11(3)9-19-15)14-12(16)10-20-21(14)7-5-2/h8-10,13,17H,4-7H2,1-3H3. The Labute approximate surface area is 130 Å². The number of aromatic nitrogens is 4. The van der Waals surface area contributed by atoms with Crippen molar-refractivity contribution in [3.8, 4) is 0 Å². The Morgan fingerprint density at radius 1 is 1.19 bits per heavy atom. The summed E-state index contributed by atoms with van der Waals surface area (Å²) < 4.78 is 1.94. The molecule has 0 radical (unpaired) electrons. The van der Waals surface area contributed by atoms with Crippen molar-refractivity contribution < 1.29 is 0 Å². The summed E-state index contributed by atoms with van der Waals surface area (Å²) in [6.07, 6.45) is 7.39. The average Bonchev–Trinajstić information content (AvgIpc) is 2.83. The zero-order valence-electron chi connectivity index (χ0n) is 12.8. The van der Waals surface area contributed by atoms with E-state index in [1.807, 2.05) is 24.0 Å².